The monoisotopic (exact) mass is 179 g/mol. The minimum Gasteiger partial charge on any atom is -0.366 e. The summed E-state index contributed by atoms with van der Waals surface area (Å²) in [4.78, 5) is 10.5. The van der Waals surface area contributed by atoms with Gasteiger partial charge in [0.1, 0.15) is 0 Å². The molecule has 1 heterocycles. The molecule has 1 aromatic heterocycles. The number of nitrogens with two attached hydrogens (primary N) is 1. The highest BCUT2D eigenvalue weighted by Gasteiger charge is 2.05. The van der Waals surface area contributed by atoms with Gasteiger partial charge < -0.3 is 5.73 Å². The summed E-state index contributed by atoms with van der Waals surface area (Å²) in [5, 5.41) is 4.20. The molecule has 4 heteroatoms. The van der Waals surface area contributed by atoms with Crippen LogP contribution in [0.15, 0.2) is 6.08 Å². The van der Waals surface area contributed by atoms with Crippen LogP contribution >= 0.6 is 0 Å². The lowest BCUT2D eigenvalue weighted by Gasteiger charge is -1.93. The van der Waals surface area contributed by atoms with Gasteiger partial charge in [-0.1, -0.05) is 0 Å². The normalized spacial score (nSPS) is 11.0. The smallest absolute Gasteiger partial charge is 0.241 e. The quantitative estimate of drug-likeness (QED) is 0.673. The number of primary amides is 1. The molecule has 0 radical (unpaired) electrons. The zero-order chi connectivity index (χ0) is 10.0. The van der Waals surface area contributed by atoms with Crippen LogP contribution in [0.3, 0.4) is 0 Å². The third-order valence-electron chi connectivity index (χ3n) is 1.98. The number of hydrogen-bond acceptors (Lipinski definition) is 2. The summed E-state index contributed by atoms with van der Waals surface area (Å²) in [7, 11) is 1.87. The molecule has 0 atom stereocenters. The summed E-state index contributed by atoms with van der Waals surface area (Å²) in [6.45, 7) is 3.84. The molecule has 0 fully saturated rings. The summed E-state index contributed by atoms with van der Waals surface area (Å²) in [6, 6.07) is 0. The Morgan fingerprint density at radius 3 is 2.54 bits per heavy atom. The Hall–Kier alpha value is -1.58. The Balaban J connectivity index is 3.07. The number of hydrogen-bond donors (Lipinski definition) is 1. The minimum absolute atomic E-state index is 0.442. The first-order chi connectivity index (χ1) is 6.02. The van der Waals surface area contributed by atoms with Crippen molar-refractivity contribution in [3.63, 3.8) is 0 Å². The number of aromatic nitrogens is 2. The van der Waals surface area contributed by atoms with Gasteiger partial charge in [-0.2, -0.15) is 5.10 Å². The fraction of sp³-hybridized carbons (Fsp3) is 0.333. The van der Waals surface area contributed by atoms with Crippen LogP contribution in [-0.2, 0) is 11.8 Å². The predicted molar refractivity (Wildman–Crippen MR) is 50.9 cm³/mol. The van der Waals surface area contributed by atoms with Crippen molar-refractivity contribution in [3.05, 3.63) is 23.0 Å². The molecule has 1 amide bonds. The van der Waals surface area contributed by atoms with Crippen LogP contribution in [0.4, 0.5) is 0 Å². The van der Waals surface area contributed by atoms with E-state index >= 15 is 0 Å². The zero-order valence-corrected chi connectivity index (χ0v) is 8.03. The van der Waals surface area contributed by atoms with E-state index in [1.165, 1.54) is 6.08 Å². The lowest BCUT2D eigenvalue weighted by atomic mass is 10.2. The lowest BCUT2D eigenvalue weighted by Crippen LogP contribution is -2.05. The largest absolute Gasteiger partial charge is 0.366 e. The molecule has 0 aliphatic rings. The van der Waals surface area contributed by atoms with Crippen LogP contribution in [0, 0.1) is 13.8 Å². The Kier molecular flexibility index (Phi) is 2.51. The first-order valence-electron chi connectivity index (χ1n) is 4.00. The highest BCUT2D eigenvalue weighted by molar-refractivity contribution is 5.90. The highest BCUT2D eigenvalue weighted by Crippen LogP contribution is 2.13. The average molecular weight is 179 g/mol. The second-order valence-corrected chi connectivity index (χ2v) is 2.94. The van der Waals surface area contributed by atoms with E-state index in [0.29, 0.717) is 0 Å². The Morgan fingerprint density at radius 2 is 2.15 bits per heavy atom. The van der Waals surface area contributed by atoms with Crippen molar-refractivity contribution in [2.75, 3.05) is 0 Å². The number of nitrogens with zero attached hydrogens (tertiary/aromatic N) is 2. The molecule has 0 aromatic carbocycles. The van der Waals surface area contributed by atoms with Crippen LogP contribution in [-0.4, -0.2) is 15.7 Å². The summed E-state index contributed by atoms with van der Waals surface area (Å²) < 4.78 is 1.77. The summed E-state index contributed by atoms with van der Waals surface area (Å²) in [6.07, 6.45) is 3.04. The number of carbonyl (C=O) groups excluding carboxylic acids is 1. The molecule has 0 aliphatic carbocycles. The number of rotatable bonds is 2. The van der Waals surface area contributed by atoms with Crippen LogP contribution in [0.5, 0.6) is 0 Å². The first-order valence-corrected chi connectivity index (χ1v) is 4.00. The van der Waals surface area contributed by atoms with Crippen LogP contribution in [0.25, 0.3) is 6.08 Å². The summed E-state index contributed by atoms with van der Waals surface area (Å²) in [5.41, 5.74) is 7.88. The Labute approximate surface area is 77.0 Å². The van der Waals surface area contributed by atoms with E-state index in [9.17, 15) is 4.79 Å². The third-order valence-corrected chi connectivity index (χ3v) is 1.98. The van der Waals surface area contributed by atoms with Crippen molar-refractivity contribution in [1.29, 1.82) is 0 Å². The van der Waals surface area contributed by atoms with Gasteiger partial charge in [0.15, 0.2) is 0 Å². The van der Waals surface area contributed by atoms with Crippen molar-refractivity contribution in [2.24, 2.45) is 12.8 Å². The number of carbonyl (C=O) groups is 1. The molecule has 1 aromatic rings. The number of aryl methyl sites for hydroxylation is 2. The molecular formula is C9H13N3O. The van der Waals surface area contributed by atoms with E-state index in [1.54, 1.807) is 10.8 Å². The molecule has 1 rings (SSSR count). The Bertz CT molecular complexity index is 363. The van der Waals surface area contributed by atoms with E-state index in [-0.39, 0.29) is 0 Å². The maximum absolute atomic E-state index is 10.5. The van der Waals surface area contributed by atoms with Gasteiger partial charge in [-0.15, -0.1) is 0 Å². The van der Waals surface area contributed by atoms with Crippen molar-refractivity contribution in [2.45, 2.75) is 13.8 Å². The van der Waals surface area contributed by atoms with Gasteiger partial charge in [-0.25, -0.2) is 0 Å². The maximum atomic E-state index is 10.5. The van der Waals surface area contributed by atoms with Crippen LogP contribution in [0.1, 0.15) is 17.0 Å². The Morgan fingerprint density at radius 1 is 1.54 bits per heavy atom. The zero-order valence-electron chi connectivity index (χ0n) is 8.03. The standard InChI is InChI=1S/C9H13N3O/c1-6-8(4-5-9(10)13)7(2)12(3)11-6/h4-5H,1-3H3,(H2,10,13)/b5-4+. The molecule has 2 N–H and O–H groups in total. The second kappa shape index (κ2) is 3.43. The van der Waals surface area contributed by atoms with Gasteiger partial charge in [-0.3, -0.25) is 9.48 Å². The SMILES string of the molecule is Cc1nn(C)c(C)c1/C=C/C(N)=O. The van der Waals surface area contributed by atoms with Gasteiger partial charge in [0.2, 0.25) is 5.91 Å². The summed E-state index contributed by atoms with van der Waals surface area (Å²) >= 11 is 0. The van der Waals surface area contributed by atoms with Crippen molar-refractivity contribution in [3.8, 4) is 0 Å². The minimum atomic E-state index is -0.442. The summed E-state index contributed by atoms with van der Waals surface area (Å²) in [5.74, 6) is -0.442. The van der Waals surface area contributed by atoms with Crippen molar-refractivity contribution >= 4 is 12.0 Å². The topological polar surface area (TPSA) is 60.9 Å². The maximum Gasteiger partial charge on any atom is 0.241 e. The van der Waals surface area contributed by atoms with Gasteiger partial charge >= 0.3 is 0 Å². The van der Waals surface area contributed by atoms with Crippen molar-refractivity contribution < 1.29 is 4.79 Å². The molecule has 0 aliphatic heterocycles. The van der Waals surface area contributed by atoms with Gasteiger partial charge in [-0.05, 0) is 19.9 Å². The van der Waals surface area contributed by atoms with Crippen molar-refractivity contribution in [1.82, 2.24) is 9.78 Å². The van der Waals surface area contributed by atoms with Gasteiger partial charge in [0, 0.05) is 24.4 Å². The molecule has 0 saturated carbocycles. The molecule has 4 nitrogen and oxygen atoms in total. The van der Waals surface area contributed by atoms with E-state index in [1.807, 2.05) is 20.9 Å². The van der Waals surface area contributed by atoms with Gasteiger partial charge in [0.05, 0.1) is 5.69 Å². The van der Waals surface area contributed by atoms with Crippen LogP contribution in [0.2, 0.25) is 0 Å². The number of amides is 1. The molecule has 13 heavy (non-hydrogen) atoms. The lowest BCUT2D eigenvalue weighted by molar-refractivity contribution is -0.113. The average Bonchev–Trinajstić information content (AvgIpc) is 2.24. The first kappa shape index (κ1) is 9.51. The fourth-order valence-electron chi connectivity index (χ4n) is 1.20. The van der Waals surface area contributed by atoms with E-state index in [2.05, 4.69) is 5.10 Å². The highest BCUT2D eigenvalue weighted by atomic mass is 16.1. The molecule has 0 saturated heterocycles. The molecular weight excluding hydrogens is 166 g/mol. The van der Waals surface area contributed by atoms with Gasteiger partial charge in [0.25, 0.3) is 0 Å². The fourth-order valence-corrected chi connectivity index (χ4v) is 1.20. The van der Waals surface area contributed by atoms with Crippen LogP contribution < -0.4 is 5.73 Å². The molecule has 0 bridgehead atoms. The van der Waals surface area contributed by atoms with E-state index in [0.717, 1.165) is 17.0 Å². The second-order valence-electron chi connectivity index (χ2n) is 2.94. The third kappa shape index (κ3) is 1.96. The molecule has 0 unspecified atom stereocenters. The van der Waals surface area contributed by atoms with E-state index in [4.69, 9.17) is 5.73 Å². The van der Waals surface area contributed by atoms with E-state index < -0.39 is 5.91 Å². The predicted octanol–water partition coefficient (Wildman–Crippen LogP) is 0.535. The molecule has 70 valence electrons. The molecule has 0 spiro atoms.